The highest BCUT2D eigenvalue weighted by atomic mass is 127. The number of nitrogens with one attached hydrogen (secondary N) is 1. The Bertz CT molecular complexity index is 719. The lowest BCUT2D eigenvalue weighted by Gasteiger charge is -2.23. The molecular formula is C19H25BrIN3O. The number of nitrogens with two attached hydrogens (primary N) is 1. The highest BCUT2D eigenvalue weighted by Crippen LogP contribution is 2.26. The van der Waals surface area contributed by atoms with Crippen molar-refractivity contribution in [2.75, 3.05) is 19.0 Å². The molecule has 0 aliphatic heterocycles. The van der Waals surface area contributed by atoms with Gasteiger partial charge in [-0.05, 0) is 23.8 Å². The fraction of sp³-hybridized carbons (Fsp3) is 0.316. The van der Waals surface area contributed by atoms with E-state index < -0.39 is 0 Å². The first-order valence-corrected chi connectivity index (χ1v) is 8.61. The molecular weight excluding hydrogens is 493 g/mol. The van der Waals surface area contributed by atoms with E-state index in [1.165, 1.54) is 5.56 Å². The summed E-state index contributed by atoms with van der Waals surface area (Å²) in [6.45, 7) is 5.43. The predicted octanol–water partition coefficient (Wildman–Crippen LogP) is 4.92. The zero-order valence-electron chi connectivity index (χ0n) is 14.8. The van der Waals surface area contributed by atoms with Crippen LogP contribution in [0.3, 0.4) is 0 Å². The van der Waals surface area contributed by atoms with Crippen LogP contribution in [0, 0.1) is 0 Å². The summed E-state index contributed by atoms with van der Waals surface area (Å²) in [5.74, 6) is 0.404. The second-order valence-corrected chi connectivity index (χ2v) is 7.23. The number of benzene rings is 2. The smallest absolute Gasteiger partial charge is 0.193 e. The number of anilines is 1. The van der Waals surface area contributed by atoms with Crippen LogP contribution in [0.25, 0.3) is 0 Å². The van der Waals surface area contributed by atoms with Crippen molar-refractivity contribution in [1.29, 1.82) is 0 Å². The van der Waals surface area contributed by atoms with Gasteiger partial charge >= 0.3 is 0 Å². The van der Waals surface area contributed by atoms with Gasteiger partial charge in [0, 0.05) is 28.2 Å². The molecule has 0 heterocycles. The van der Waals surface area contributed by atoms with Crippen molar-refractivity contribution in [1.82, 2.24) is 0 Å². The van der Waals surface area contributed by atoms with Crippen LogP contribution in [0.4, 0.5) is 5.69 Å². The quantitative estimate of drug-likeness (QED) is 0.325. The summed E-state index contributed by atoms with van der Waals surface area (Å²) >= 11 is 3.52. The average molecular weight is 518 g/mol. The Hall–Kier alpha value is -1.12. The molecule has 0 atom stereocenters. The van der Waals surface area contributed by atoms with Crippen LogP contribution in [0.5, 0.6) is 0 Å². The molecule has 136 valence electrons. The van der Waals surface area contributed by atoms with E-state index >= 15 is 0 Å². The van der Waals surface area contributed by atoms with E-state index in [-0.39, 0.29) is 29.4 Å². The van der Waals surface area contributed by atoms with Crippen LogP contribution in [0.2, 0.25) is 0 Å². The minimum Gasteiger partial charge on any atom is -0.380 e. The third-order valence-electron chi connectivity index (χ3n) is 3.83. The van der Waals surface area contributed by atoms with Gasteiger partial charge in [0.2, 0.25) is 0 Å². The molecule has 0 saturated carbocycles. The van der Waals surface area contributed by atoms with Gasteiger partial charge in [-0.3, -0.25) is 4.99 Å². The molecule has 0 aromatic heterocycles. The Labute approximate surface area is 175 Å². The normalized spacial score (nSPS) is 11.8. The minimum absolute atomic E-state index is 0. The molecule has 0 bridgehead atoms. The van der Waals surface area contributed by atoms with Gasteiger partial charge in [0.15, 0.2) is 5.96 Å². The Balaban J connectivity index is 0.00000312. The fourth-order valence-corrected chi connectivity index (χ4v) is 2.78. The van der Waals surface area contributed by atoms with Crippen molar-refractivity contribution in [3.8, 4) is 0 Å². The summed E-state index contributed by atoms with van der Waals surface area (Å²) in [6.07, 6.45) is 0. The third-order valence-corrected chi connectivity index (χ3v) is 4.32. The standard InChI is InChI=1S/C19H24BrN3O.HI/c1-19(2,15-8-6-9-16(20)11-15)13-22-18(21)23-17-10-5-4-7-14(17)12-24-3;/h4-11H,12-13H2,1-3H3,(H3,21,22,23);1H. The van der Waals surface area contributed by atoms with Gasteiger partial charge in [-0.2, -0.15) is 0 Å². The number of hydrogen-bond acceptors (Lipinski definition) is 2. The van der Waals surface area contributed by atoms with Crippen molar-refractivity contribution in [3.63, 3.8) is 0 Å². The largest absolute Gasteiger partial charge is 0.380 e. The van der Waals surface area contributed by atoms with E-state index in [2.05, 4.69) is 52.2 Å². The van der Waals surface area contributed by atoms with Crippen molar-refractivity contribution < 1.29 is 4.74 Å². The highest BCUT2D eigenvalue weighted by Gasteiger charge is 2.20. The van der Waals surface area contributed by atoms with Crippen molar-refractivity contribution in [2.24, 2.45) is 10.7 Å². The number of guanidine groups is 1. The average Bonchev–Trinajstić information content (AvgIpc) is 2.55. The third kappa shape index (κ3) is 6.60. The van der Waals surface area contributed by atoms with E-state index in [0.717, 1.165) is 15.7 Å². The van der Waals surface area contributed by atoms with Crippen LogP contribution in [-0.4, -0.2) is 19.6 Å². The first-order chi connectivity index (χ1) is 11.4. The van der Waals surface area contributed by atoms with Gasteiger partial charge in [-0.15, -0.1) is 24.0 Å². The molecule has 6 heteroatoms. The molecule has 0 aliphatic carbocycles. The van der Waals surface area contributed by atoms with E-state index in [9.17, 15) is 0 Å². The monoisotopic (exact) mass is 517 g/mol. The summed E-state index contributed by atoms with van der Waals surface area (Å²) in [7, 11) is 1.68. The van der Waals surface area contributed by atoms with Crippen molar-refractivity contribution >= 4 is 51.6 Å². The van der Waals surface area contributed by atoms with Crippen molar-refractivity contribution in [2.45, 2.75) is 25.9 Å². The number of rotatable bonds is 6. The number of aliphatic imine (C=N–C) groups is 1. The molecule has 0 aliphatic rings. The van der Waals surface area contributed by atoms with E-state index in [0.29, 0.717) is 19.1 Å². The molecule has 0 radical (unpaired) electrons. The molecule has 0 saturated heterocycles. The molecule has 0 spiro atoms. The number of para-hydroxylation sites is 1. The second-order valence-electron chi connectivity index (χ2n) is 6.31. The lowest BCUT2D eigenvalue weighted by Crippen LogP contribution is -2.28. The summed E-state index contributed by atoms with van der Waals surface area (Å²) in [5.41, 5.74) is 9.14. The van der Waals surface area contributed by atoms with Crippen molar-refractivity contribution in [3.05, 3.63) is 64.1 Å². The Morgan fingerprint density at radius 2 is 1.92 bits per heavy atom. The van der Waals surface area contributed by atoms with Gasteiger partial charge in [0.25, 0.3) is 0 Å². The molecule has 4 nitrogen and oxygen atoms in total. The zero-order valence-corrected chi connectivity index (χ0v) is 18.7. The maximum absolute atomic E-state index is 6.07. The van der Waals surface area contributed by atoms with Crippen LogP contribution >= 0.6 is 39.9 Å². The first-order valence-electron chi connectivity index (χ1n) is 7.82. The van der Waals surface area contributed by atoms with Crippen LogP contribution in [-0.2, 0) is 16.8 Å². The van der Waals surface area contributed by atoms with E-state index in [4.69, 9.17) is 10.5 Å². The Morgan fingerprint density at radius 1 is 1.20 bits per heavy atom. The summed E-state index contributed by atoms with van der Waals surface area (Å²) in [6, 6.07) is 16.2. The number of nitrogens with zero attached hydrogens (tertiary/aromatic N) is 1. The first kappa shape index (κ1) is 21.9. The topological polar surface area (TPSA) is 59.6 Å². The molecule has 2 aromatic carbocycles. The van der Waals surface area contributed by atoms with Gasteiger partial charge in [0.05, 0.1) is 13.2 Å². The van der Waals surface area contributed by atoms with Crippen LogP contribution in [0.15, 0.2) is 58.0 Å². The molecule has 3 N–H and O–H groups in total. The molecule has 2 aromatic rings. The lowest BCUT2D eigenvalue weighted by atomic mass is 9.85. The fourth-order valence-electron chi connectivity index (χ4n) is 2.38. The van der Waals surface area contributed by atoms with Crippen LogP contribution < -0.4 is 11.1 Å². The molecule has 0 amide bonds. The predicted molar refractivity (Wildman–Crippen MR) is 120 cm³/mol. The highest BCUT2D eigenvalue weighted by molar-refractivity contribution is 14.0. The number of ether oxygens (including phenoxy) is 1. The minimum atomic E-state index is -0.109. The number of halogens is 2. The molecule has 0 unspecified atom stereocenters. The maximum Gasteiger partial charge on any atom is 0.193 e. The second kappa shape index (κ2) is 10.1. The summed E-state index contributed by atoms with van der Waals surface area (Å²) in [5, 5.41) is 3.17. The summed E-state index contributed by atoms with van der Waals surface area (Å²) in [4.78, 5) is 4.53. The van der Waals surface area contributed by atoms with E-state index in [1.807, 2.05) is 36.4 Å². The molecule has 0 fully saturated rings. The van der Waals surface area contributed by atoms with Gasteiger partial charge < -0.3 is 15.8 Å². The molecule has 25 heavy (non-hydrogen) atoms. The molecule has 2 rings (SSSR count). The number of methoxy groups -OCH3 is 1. The lowest BCUT2D eigenvalue weighted by molar-refractivity contribution is 0.185. The zero-order chi connectivity index (χ0) is 17.6. The summed E-state index contributed by atoms with van der Waals surface area (Å²) < 4.78 is 6.27. The SMILES string of the molecule is COCc1ccccc1NC(N)=NCC(C)(C)c1cccc(Br)c1.I. The van der Waals surface area contributed by atoms with Crippen LogP contribution in [0.1, 0.15) is 25.0 Å². The van der Waals surface area contributed by atoms with Gasteiger partial charge in [-0.1, -0.05) is 60.1 Å². The van der Waals surface area contributed by atoms with Gasteiger partial charge in [-0.25, -0.2) is 0 Å². The van der Waals surface area contributed by atoms with Gasteiger partial charge in [0.1, 0.15) is 0 Å². The maximum atomic E-state index is 6.07. The van der Waals surface area contributed by atoms with E-state index in [1.54, 1.807) is 7.11 Å². The Kier molecular flexibility index (Phi) is 8.88. The Morgan fingerprint density at radius 3 is 2.60 bits per heavy atom. The number of hydrogen-bond donors (Lipinski definition) is 2.